The summed E-state index contributed by atoms with van der Waals surface area (Å²) in [5, 5.41) is 22.4. The number of rotatable bonds is 6. The Morgan fingerprint density at radius 1 is 0.629 bits per heavy atom. The SMILES string of the molecule is COC(=O)c1ccc(C(c2ccc(C(=O)[O-])c(C(=O)[O-])c2)(C(F)(F)F)C(F)(F)F)cc1C(=O)OC. The van der Waals surface area contributed by atoms with Crippen molar-refractivity contribution in [3.8, 4) is 0 Å². The van der Waals surface area contributed by atoms with Crippen LogP contribution in [0.5, 0.6) is 0 Å². The molecule has 14 heteroatoms. The topological polar surface area (TPSA) is 133 Å². The molecule has 8 nitrogen and oxygen atoms in total. The average molecular weight is 506 g/mol. The number of methoxy groups -OCH3 is 2. The lowest BCUT2D eigenvalue weighted by Gasteiger charge is -2.39. The van der Waals surface area contributed by atoms with Crippen molar-refractivity contribution in [2.75, 3.05) is 14.2 Å². The number of halogens is 6. The number of hydrogen-bond acceptors (Lipinski definition) is 8. The summed E-state index contributed by atoms with van der Waals surface area (Å²) in [6.45, 7) is 0. The maximum absolute atomic E-state index is 14.4. The molecule has 0 atom stereocenters. The van der Waals surface area contributed by atoms with Crippen molar-refractivity contribution >= 4 is 23.9 Å². The highest BCUT2D eigenvalue weighted by Crippen LogP contribution is 2.56. The first kappa shape index (κ1) is 27.1. The van der Waals surface area contributed by atoms with E-state index in [2.05, 4.69) is 9.47 Å². The molecule has 0 unspecified atom stereocenters. The van der Waals surface area contributed by atoms with E-state index in [0.717, 1.165) is 14.2 Å². The molecule has 0 radical (unpaired) electrons. The second kappa shape index (κ2) is 9.27. The van der Waals surface area contributed by atoms with Crippen LogP contribution >= 0.6 is 0 Å². The Bertz CT molecular complexity index is 1190. The second-order valence-corrected chi connectivity index (χ2v) is 6.82. The van der Waals surface area contributed by atoms with Gasteiger partial charge in [-0.2, -0.15) is 26.3 Å². The molecule has 2 rings (SSSR count). The van der Waals surface area contributed by atoms with E-state index < -0.39 is 75.0 Å². The number of benzene rings is 2. The van der Waals surface area contributed by atoms with Crippen LogP contribution in [0.3, 0.4) is 0 Å². The van der Waals surface area contributed by atoms with Crippen LogP contribution in [-0.4, -0.2) is 50.4 Å². The first-order valence-electron chi connectivity index (χ1n) is 9.06. The Kier molecular flexibility index (Phi) is 7.19. The van der Waals surface area contributed by atoms with Crippen LogP contribution in [0, 0.1) is 0 Å². The Hall–Kier alpha value is -4.10. The Balaban J connectivity index is 3.10. The van der Waals surface area contributed by atoms with Gasteiger partial charge in [-0.15, -0.1) is 0 Å². The quantitative estimate of drug-likeness (QED) is 0.424. The zero-order valence-corrected chi connectivity index (χ0v) is 17.5. The number of carbonyl (C=O) groups is 4. The van der Waals surface area contributed by atoms with Crippen molar-refractivity contribution in [1.29, 1.82) is 0 Å². The predicted octanol–water partition coefficient (Wildman–Crippen LogP) is 1.40. The Labute approximate surface area is 191 Å². The van der Waals surface area contributed by atoms with Gasteiger partial charge in [-0.1, -0.05) is 18.2 Å². The molecule has 0 saturated heterocycles. The molecule has 35 heavy (non-hydrogen) atoms. The Morgan fingerprint density at radius 2 is 1.00 bits per heavy atom. The number of esters is 2. The van der Waals surface area contributed by atoms with E-state index in [-0.39, 0.29) is 30.3 Å². The van der Waals surface area contributed by atoms with Gasteiger partial charge in [0.2, 0.25) is 5.41 Å². The lowest BCUT2D eigenvalue weighted by atomic mass is 9.71. The van der Waals surface area contributed by atoms with Crippen LogP contribution in [0.15, 0.2) is 36.4 Å². The van der Waals surface area contributed by atoms with E-state index in [1.54, 1.807) is 0 Å². The monoisotopic (exact) mass is 506 g/mol. The van der Waals surface area contributed by atoms with Gasteiger partial charge in [0.25, 0.3) is 0 Å². The molecule has 0 bridgehead atoms. The molecule has 0 saturated carbocycles. The molecule has 0 spiro atoms. The number of ether oxygens (including phenoxy) is 2. The van der Waals surface area contributed by atoms with E-state index in [0.29, 0.717) is 6.07 Å². The lowest BCUT2D eigenvalue weighted by molar-refractivity contribution is -0.288. The van der Waals surface area contributed by atoms with Gasteiger partial charge in [-0.3, -0.25) is 0 Å². The normalized spacial score (nSPS) is 12.1. The molecule has 0 heterocycles. The van der Waals surface area contributed by atoms with E-state index >= 15 is 0 Å². The minimum absolute atomic E-state index is 0.102. The third-order valence-electron chi connectivity index (χ3n) is 5.01. The van der Waals surface area contributed by atoms with Gasteiger partial charge in [0.1, 0.15) is 0 Å². The van der Waals surface area contributed by atoms with Gasteiger partial charge in [-0.25, -0.2) is 9.59 Å². The van der Waals surface area contributed by atoms with Crippen molar-refractivity contribution in [1.82, 2.24) is 0 Å². The minimum atomic E-state index is -6.24. The predicted molar refractivity (Wildman–Crippen MR) is 97.1 cm³/mol. The highest BCUT2D eigenvalue weighted by Gasteiger charge is 2.72. The van der Waals surface area contributed by atoms with Gasteiger partial charge >= 0.3 is 24.3 Å². The molecule has 0 amide bonds. The summed E-state index contributed by atoms with van der Waals surface area (Å²) in [6.07, 6.45) is -12.5. The van der Waals surface area contributed by atoms with Gasteiger partial charge in [0.05, 0.1) is 37.3 Å². The maximum atomic E-state index is 14.4. The summed E-state index contributed by atoms with van der Waals surface area (Å²) in [5.41, 5.74) is -12.9. The van der Waals surface area contributed by atoms with E-state index in [1.165, 1.54) is 0 Å². The summed E-state index contributed by atoms with van der Waals surface area (Å²) >= 11 is 0. The number of carbonyl (C=O) groups excluding carboxylic acids is 4. The average Bonchev–Trinajstić information content (AvgIpc) is 2.76. The summed E-state index contributed by atoms with van der Waals surface area (Å²) in [5.74, 6) is -7.34. The summed E-state index contributed by atoms with van der Waals surface area (Å²) in [4.78, 5) is 46.4. The largest absolute Gasteiger partial charge is 0.545 e. The number of carboxylic acids is 2. The number of carboxylic acid groups (broad SMARTS) is 2. The molecule has 0 fully saturated rings. The van der Waals surface area contributed by atoms with Crippen molar-refractivity contribution in [2.24, 2.45) is 0 Å². The number of alkyl halides is 6. The summed E-state index contributed by atoms with van der Waals surface area (Å²) < 4.78 is 94.8. The second-order valence-electron chi connectivity index (χ2n) is 6.82. The molecular formula is C21H12F6O8-2. The highest BCUT2D eigenvalue weighted by atomic mass is 19.4. The summed E-state index contributed by atoms with van der Waals surface area (Å²) in [7, 11) is 1.59. The third kappa shape index (κ3) is 4.50. The molecular weight excluding hydrogens is 494 g/mol. The van der Waals surface area contributed by atoms with Crippen LogP contribution in [0.25, 0.3) is 0 Å². The standard InChI is InChI=1S/C21H14F6O8/c1-34-17(32)12-6-4-10(8-14(12)18(33)35-2)19(20(22,23)24,21(25,26)27)9-3-5-11(15(28)29)13(7-9)16(30)31/h3-8H,1-2H3,(H,28,29)(H,30,31)/p-2. The molecule has 0 aliphatic heterocycles. The molecule has 2 aromatic rings. The van der Waals surface area contributed by atoms with Crippen molar-refractivity contribution in [3.05, 3.63) is 69.8 Å². The van der Waals surface area contributed by atoms with Crippen molar-refractivity contribution in [2.45, 2.75) is 17.8 Å². The fourth-order valence-electron chi connectivity index (χ4n) is 3.45. The fraction of sp³-hybridized carbons (Fsp3) is 0.238. The van der Waals surface area contributed by atoms with Crippen molar-refractivity contribution in [3.63, 3.8) is 0 Å². The smallest absolute Gasteiger partial charge is 0.411 e. The molecule has 2 aromatic carbocycles. The Morgan fingerprint density at radius 3 is 1.37 bits per heavy atom. The molecule has 0 aromatic heterocycles. The minimum Gasteiger partial charge on any atom is -0.545 e. The molecule has 0 N–H and O–H groups in total. The number of aromatic carboxylic acids is 2. The van der Waals surface area contributed by atoms with E-state index in [9.17, 15) is 55.7 Å². The summed E-state index contributed by atoms with van der Waals surface area (Å²) in [6, 6.07) is 0.939. The maximum Gasteiger partial charge on any atom is 0.411 e. The van der Waals surface area contributed by atoms with Crippen LogP contribution in [0.2, 0.25) is 0 Å². The van der Waals surface area contributed by atoms with Gasteiger partial charge in [0, 0.05) is 11.1 Å². The van der Waals surface area contributed by atoms with Crippen molar-refractivity contribution < 1.29 is 65.2 Å². The first-order chi connectivity index (χ1) is 16.0. The van der Waals surface area contributed by atoms with E-state index in [1.807, 2.05) is 0 Å². The van der Waals surface area contributed by atoms with Crippen LogP contribution in [0.4, 0.5) is 26.3 Å². The zero-order chi connectivity index (χ0) is 26.9. The zero-order valence-electron chi connectivity index (χ0n) is 17.5. The number of hydrogen-bond donors (Lipinski definition) is 0. The highest BCUT2D eigenvalue weighted by molar-refractivity contribution is 6.03. The van der Waals surface area contributed by atoms with Crippen LogP contribution < -0.4 is 10.2 Å². The van der Waals surface area contributed by atoms with Gasteiger partial charge in [-0.05, 0) is 29.3 Å². The lowest BCUT2D eigenvalue weighted by Crippen LogP contribution is -2.55. The first-order valence-corrected chi connectivity index (χ1v) is 9.06. The van der Waals surface area contributed by atoms with Gasteiger partial charge in [0.15, 0.2) is 0 Å². The van der Waals surface area contributed by atoms with Crippen LogP contribution in [0.1, 0.15) is 52.6 Å². The third-order valence-corrected chi connectivity index (χ3v) is 5.01. The van der Waals surface area contributed by atoms with Gasteiger partial charge < -0.3 is 29.3 Å². The fourth-order valence-corrected chi connectivity index (χ4v) is 3.45. The van der Waals surface area contributed by atoms with Crippen LogP contribution in [-0.2, 0) is 14.9 Å². The molecule has 0 aliphatic rings. The molecule has 188 valence electrons. The molecule has 0 aliphatic carbocycles. The van der Waals surface area contributed by atoms with E-state index in [4.69, 9.17) is 0 Å².